The third-order valence-electron chi connectivity index (χ3n) is 7.70. The minimum absolute atomic E-state index is 0.0863. The highest BCUT2D eigenvalue weighted by atomic mass is 28.4. The normalized spacial score (nSPS) is 35.3. The van der Waals surface area contributed by atoms with Crippen molar-refractivity contribution in [2.75, 3.05) is 6.61 Å². The molecule has 0 amide bonds. The van der Waals surface area contributed by atoms with E-state index in [-0.39, 0.29) is 53.2 Å². The molecule has 33 heavy (non-hydrogen) atoms. The summed E-state index contributed by atoms with van der Waals surface area (Å²) in [5, 5.41) is 0. The van der Waals surface area contributed by atoms with Crippen LogP contribution in [-0.2, 0) is 27.5 Å². The third kappa shape index (κ3) is 6.87. The standard InChI is InChI=1S/C24H50O6Si3/c1-15(25)13-19-21(30-33(10,11)12)20(29-32(7,8)9)18(14-26-19)23(4,5)24(6)22(27-24)16(2)17(3)28-31/h16-22H,13-14H2,1-12,31H3. The first kappa shape index (κ1) is 29.4. The number of ketones is 1. The molecule has 2 aliphatic heterocycles. The van der Waals surface area contributed by atoms with E-state index in [1.807, 2.05) is 0 Å². The third-order valence-corrected chi connectivity index (χ3v) is 10.4. The van der Waals surface area contributed by atoms with Crippen LogP contribution in [0, 0.1) is 17.3 Å². The average Bonchev–Trinajstić information content (AvgIpc) is 3.34. The van der Waals surface area contributed by atoms with Gasteiger partial charge in [0.2, 0.25) is 0 Å². The number of ether oxygens (including phenoxy) is 2. The number of Topliss-reactive ketones (excluding diaryl/α,β-unsaturated/α-hetero) is 1. The van der Waals surface area contributed by atoms with Crippen LogP contribution in [0.5, 0.6) is 0 Å². The van der Waals surface area contributed by atoms with E-state index in [2.05, 4.69) is 73.9 Å². The van der Waals surface area contributed by atoms with Crippen LogP contribution in [-0.4, -0.2) is 75.6 Å². The zero-order valence-electron chi connectivity index (χ0n) is 23.4. The van der Waals surface area contributed by atoms with Crippen LogP contribution in [0.1, 0.15) is 48.0 Å². The maximum absolute atomic E-state index is 12.1. The Hall–Kier alpha value is 0.121. The van der Waals surface area contributed by atoms with Crippen molar-refractivity contribution in [1.29, 1.82) is 0 Å². The van der Waals surface area contributed by atoms with Crippen molar-refractivity contribution >= 4 is 32.9 Å². The summed E-state index contributed by atoms with van der Waals surface area (Å²) >= 11 is 0. The summed E-state index contributed by atoms with van der Waals surface area (Å²) < 4.78 is 32.3. The van der Waals surface area contributed by atoms with Gasteiger partial charge in [-0.15, -0.1) is 0 Å². The Bertz CT molecular complexity index is 689. The SMILES string of the molecule is CC(=O)CC1OCC(C(C)(C)C2(C)OC2C(C)C(C)O[SiH3])C(O[Si](C)(C)C)C1O[Si](C)(C)C. The first-order chi connectivity index (χ1) is 14.8. The van der Waals surface area contributed by atoms with Crippen molar-refractivity contribution < 1.29 is 27.5 Å². The molecule has 2 heterocycles. The summed E-state index contributed by atoms with van der Waals surface area (Å²) in [5.74, 6) is 0.521. The molecule has 2 aliphatic rings. The smallest absolute Gasteiger partial charge is 0.184 e. The van der Waals surface area contributed by atoms with Crippen molar-refractivity contribution in [2.24, 2.45) is 17.3 Å². The van der Waals surface area contributed by atoms with E-state index >= 15 is 0 Å². The Kier molecular flexibility index (Phi) is 9.11. The zero-order valence-corrected chi connectivity index (χ0v) is 27.4. The molecule has 0 aromatic carbocycles. The van der Waals surface area contributed by atoms with Crippen molar-refractivity contribution in [3.8, 4) is 0 Å². The molecule has 0 N–H and O–H groups in total. The molecule has 0 aromatic heterocycles. The molecule has 0 saturated carbocycles. The lowest BCUT2D eigenvalue weighted by atomic mass is 9.63. The van der Waals surface area contributed by atoms with Gasteiger partial charge in [0, 0.05) is 29.8 Å². The molecule has 2 saturated heterocycles. The number of epoxide rings is 1. The first-order valence-corrected chi connectivity index (χ1v) is 20.1. The van der Waals surface area contributed by atoms with Crippen molar-refractivity contribution in [1.82, 2.24) is 0 Å². The van der Waals surface area contributed by atoms with Crippen molar-refractivity contribution in [3.05, 3.63) is 0 Å². The predicted molar refractivity (Wildman–Crippen MR) is 142 cm³/mol. The van der Waals surface area contributed by atoms with Gasteiger partial charge in [0.05, 0.1) is 36.6 Å². The summed E-state index contributed by atoms with van der Waals surface area (Å²) in [6.45, 7) is 26.6. The molecule has 8 unspecified atom stereocenters. The fraction of sp³-hybridized carbons (Fsp3) is 0.958. The molecule has 2 fully saturated rings. The van der Waals surface area contributed by atoms with Crippen LogP contribution in [0.25, 0.3) is 0 Å². The van der Waals surface area contributed by atoms with E-state index in [0.29, 0.717) is 18.9 Å². The quantitative estimate of drug-likeness (QED) is 0.305. The highest BCUT2D eigenvalue weighted by Gasteiger charge is 2.68. The van der Waals surface area contributed by atoms with E-state index in [0.717, 1.165) is 10.5 Å². The summed E-state index contributed by atoms with van der Waals surface area (Å²) in [5.41, 5.74) is -0.518. The van der Waals surface area contributed by atoms with E-state index in [1.54, 1.807) is 6.92 Å². The molecule has 194 valence electrons. The number of carbonyl (C=O) groups is 1. The van der Waals surface area contributed by atoms with Gasteiger partial charge in [0.15, 0.2) is 16.6 Å². The fourth-order valence-electron chi connectivity index (χ4n) is 5.23. The highest BCUT2D eigenvalue weighted by molar-refractivity contribution is 6.70. The number of hydrogen-bond donors (Lipinski definition) is 0. The van der Waals surface area contributed by atoms with Crippen LogP contribution in [0.3, 0.4) is 0 Å². The van der Waals surface area contributed by atoms with Gasteiger partial charge < -0.3 is 22.8 Å². The Labute approximate surface area is 207 Å². The minimum Gasteiger partial charge on any atom is -0.425 e. The number of rotatable bonds is 11. The molecule has 0 spiro atoms. The molecule has 8 atom stereocenters. The second kappa shape index (κ2) is 10.2. The highest BCUT2D eigenvalue weighted by Crippen LogP contribution is 2.59. The van der Waals surface area contributed by atoms with Crippen molar-refractivity contribution in [3.63, 3.8) is 0 Å². The van der Waals surface area contributed by atoms with Gasteiger partial charge in [-0.1, -0.05) is 20.8 Å². The summed E-state index contributed by atoms with van der Waals surface area (Å²) in [6.07, 6.45) is 0.00215. The van der Waals surface area contributed by atoms with Crippen molar-refractivity contribution in [2.45, 2.75) is 123 Å². The van der Waals surface area contributed by atoms with Gasteiger partial charge in [-0.25, -0.2) is 0 Å². The van der Waals surface area contributed by atoms with Crippen LogP contribution in [0.15, 0.2) is 0 Å². The maximum Gasteiger partial charge on any atom is 0.184 e. The summed E-state index contributed by atoms with van der Waals surface area (Å²) in [7, 11) is -3.11. The lowest BCUT2D eigenvalue weighted by molar-refractivity contribution is -0.184. The van der Waals surface area contributed by atoms with Crippen LogP contribution < -0.4 is 0 Å². The van der Waals surface area contributed by atoms with Crippen LogP contribution >= 0.6 is 0 Å². The Morgan fingerprint density at radius 1 is 1.09 bits per heavy atom. The Balaban J connectivity index is 2.44. The molecular weight excluding hydrogens is 469 g/mol. The zero-order chi connectivity index (χ0) is 25.6. The van der Waals surface area contributed by atoms with Gasteiger partial charge in [0.25, 0.3) is 0 Å². The second-order valence-corrected chi connectivity index (χ2v) is 22.3. The molecule has 9 heteroatoms. The lowest BCUT2D eigenvalue weighted by Gasteiger charge is -2.52. The minimum atomic E-state index is -1.92. The maximum atomic E-state index is 12.1. The van der Waals surface area contributed by atoms with Crippen LogP contribution in [0.4, 0.5) is 0 Å². The summed E-state index contributed by atoms with van der Waals surface area (Å²) in [6, 6.07) is 0. The van der Waals surface area contributed by atoms with Crippen LogP contribution in [0.2, 0.25) is 39.3 Å². The molecule has 0 radical (unpaired) electrons. The summed E-state index contributed by atoms with van der Waals surface area (Å²) in [4.78, 5) is 12.1. The largest absolute Gasteiger partial charge is 0.425 e. The van der Waals surface area contributed by atoms with E-state index in [1.165, 1.54) is 0 Å². The lowest BCUT2D eigenvalue weighted by Crippen LogP contribution is -2.62. The first-order valence-electron chi connectivity index (χ1n) is 12.5. The van der Waals surface area contributed by atoms with E-state index < -0.39 is 16.6 Å². The van der Waals surface area contributed by atoms with E-state index in [9.17, 15) is 4.79 Å². The molecule has 0 aromatic rings. The Morgan fingerprint density at radius 3 is 2.06 bits per heavy atom. The average molecular weight is 519 g/mol. The van der Waals surface area contributed by atoms with Gasteiger partial charge in [-0.2, -0.15) is 0 Å². The molecule has 6 nitrogen and oxygen atoms in total. The van der Waals surface area contributed by atoms with Gasteiger partial charge in [-0.05, 0) is 60.1 Å². The van der Waals surface area contributed by atoms with Gasteiger partial charge in [-0.3, -0.25) is 4.79 Å². The fourth-order valence-corrected chi connectivity index (χ4v) is 7.88. The number of hydrogen-bond acceptors (Lipinski definition) is 6. The number of carbonyl (C=O) groups excluding carboxylic acids is 1. The molecular formula is C24H50O6Si3. The van der Waals surface area contributed by atoms with Gasteiger partial charge in [0.1, 0.15) is 16.3 Å². The molecule has 2 rings (SSSR count). The van der Waals surface area contributed by atoms with E-state index in [4.69, 9.17) is 22.8 Å². The molecule has 0 aliphatic carbocycles. The second-order valence-electron chi connectivity index (χ2n) is 12.9. The van der Waals surface area contributed by atoms with Gasteiger partial charge >= 0.3 is 0 Å². The molecule has 0 bridgehead atoms. The predicted octanol–water partition coefficient (Wildman–Crippen LogP) is 3.93. The topological polar surface area (TPSA) is 66.5 Å². The Morgan fingerprint density at radius 2 is 1.61 bits per heavy atom. The monoisotopic (exact) mass is 518 g/mol.